The molecule has 38 heavy (non-hydrogen) atoms. The number of carbonyl (C=O) groups is 2. The molecule has 0 aliphatic heterocycles. The molecule has 0 atom stereocenters. The van der Waals surface area contributed by atoms with Crippen molar-refractivity contribution >= 4 is 46.6 Å². The first-order valence-electron chi connectivity index (χ1n) is 12.3. The van der Waals surface area contributed by atoms with E-state index in [-0.39, 0.29) is 12.5 Å². The number of anilines is 2. The number of rotatable bonds is 8. The van der Waals surface area contributed by atoms with Crippen molar-refractivity contribution < 1.29 is 9.59 Å². The van der Waals surface area contributed by atoms with Gasteiger partial charge in [0.25, 0.3) is 0 Å². The molecule has 0 radical (unpaired) electrons. The van der Waals surface area contributed by atoms with E-state index >= 15 is 0 Å². The highest BCUT2D eigenvalue weighted by molar-refractivity contribution is 6.36. The molecule has 3 amide bonds. The molecule has 2 N–H and O–H groups in total. The Labute approximate surface area is 232 Å². The van der Waals surface area contributed by atoms with Crippen LogP contribution >= 0.6 is 23.2 Å². The normalized spacial score (nSPS) is 10.8. The second kappa shape index (κ2) is 12.2. The third kappa shape index (κ3) is 6.36. The topological polar surface area (TPSA) is 79.3 Å². The number of urea groups is 1. The number of halogens is 2. The van der Waals surface area contributed by atoms with E-state index < -0.39 is 6.03 Å². The summed E-state index contributed by atoms with van der Waals surface area (Å²) in [6.45, 7) is 6.09. The van der Waals surface area contributed by atoms with Gasteiger partial charge in [-0.05, 0) is 56.2 Å². The van der Waals surface area contributed by atoms with Crippen molar-refractivity contribution in [2.45, 2.75) is 27.2 Å². The van der Waals surface area contributed by atoms with Crippen LogP contribution in [0.1, 0.15) is 24.6 Å². The highest BCUT2D eigenvalue weighted by atomic mass is 35.5. The lowest BCUT2D eigenvalue weighted by molar-refractivity contribution is -0.116. The quantitative estimate of drug-likeness (QED) is 0.241. The van der Waals surface area contributed by atoms with Gasteiger partial charge in [0.2, 0.25) is 5.91 Å². The molecule has 0 unspecified atom stereocenters. The minimum absolute atomic E-state index is 0.156. The zero-order valence-electron chi connectivity index (χ0n) is 21.5. The van der Waals surface area contributed by atoms with E-state index in [1.54, 1.807) is 22.9 Å². The second-order valence-corrected chi connectivity index (χ2v) is 9.79. The van der Waals surface area contributed by atoms with Crippen molar-refractivity contribution in [3.63, 3.8) is 0 Å². The first kappa shape index (κ1) is 27.2. The average molecular weight is 550 g/mol. The summed E-state index contributed by atoms with van der Waals surface area (Å²) in [6.07, 6.45) is 0.671. The molecule has 4 rings (SSSR count). The van der Waals surface area contributed by atoms with Crippen LogP contribution in [-0.2, 0) is 4.79 Å². The van der Waals surface area contributed by atoms with Crippen molar-refractivity contribution in [2.75, 3.05) is 23.7 Å². The molecule has 0 spiro atoms. The molecule has 4 aromatic rings. The van der Waals surface area contributed by atoms with Crippen molar-refractivity contribution in [1.29, 1.82) is 0 Å². The molecule has 0 saturated carbocycles. The van der Waals surface area contributed by atoms with Crippen molar-refractivity contribution in [2.24, 2.45) is 0 Å². The van der Waals surface area contributed by atoms with E-state index in [4.69, 9.17) is 28.3 Å². The number of aryl methyl sites for hydroxylation is 2. The van der Waals surface area contributed by atoms with E-state index in [0.717, 1.165) is 28.1 Å². The van der Waals surface area contributed by atoms with Crippen molar-refractivity contribution in [1.82, 2.24) is 14.7 Å². The molecule has 1 aromatic heterocycles. The lowest BCUT2D eigenvalue weighted by Crippen LogP contribution is -2.41. The van der Waals surface area contributed by atoms with Crippen LogP contribution in [0, 0.1) is 13.8 Å². The number of hydrogen-bond donors (Lipinski definition) is 2. The summed E-state index contributed by atoms with van der Waals surface area (Å²) >= 11 is 12.2. The van der Waals surface area contributed by atoms with Crippen LogP contribution < -0.4 is 10.6 Å². The molecule has 7 nitrogen and oxygen atoms in total. The maximum atomic E-state index is 13.4. The molecule has 3 aromatic carbocycles. The molecule has 0 saturated heterocycles. The third-order valence-corrected chi connectivity index (χ3v) is 6.49. The Bertz CT molecular complexity index is 1440. The Balaban J connectivity index is 1.62. The highest BCUT2D eigenvalue weighted by Crippen LogP contribution is 2.33. The third-order valence-electron chi connectivity index (χ3n) is 5.95. The number of nitrogens with one attached hydrogen (secondary N) is 2. The Morgan fingerprint density at radius 1 is 0.947 bits per heavy atom. The molecular weight excluding hydrogens is 521 g/mol. The van der Waals surface area contributed by atoms with Gasteiger partial charge in [-0.3, -0.25) is 4.79 Å². The predicted molar refractivity (Wildman–Crippen MR) is 154 cm³/mol. The maximum absolute atomic E-state index is 13.4. The summed E-state index contributed by atoms with van der Waals surface area (Å²) in [6, 6.07) is 22.1. The van der Waals surface area contributed by atoms with Crippen LogP contribution in [0.25, 0.3) is 16.8 Å². The Morgan fingerprint density at radius 3 is 2.32 bits per heavy atom. The minimum atomic E-state index is -0.433. The SMILES string of the molecule is CCCN(CC(=O)Nc1c(-c2ccccc2)c(C)nn1-c1ccc(C)cc1)C(=O)Nc1ccc(Cl)cc1Cl. The molecule has 196 valence electrons. The molecule has 0 fully saturated rings. The summed E-state index contributed by atoms with van der Waals surface area (Å²) in [5.41, 5.74) is 4.87. The fourth-order valence-electron chi connectivity index (χ4n) is 4.12. The van der Waals surface area contributed by atoms with Crippen LogP contribution in [0.15, 0.2) is 72.8 Å². The van der Waals surface area contributed by atoms with E-state index in [1.807, 2.05) is 75.4 Å². The lowest BCUT2D eigenvalue weighted by Gasteiger charge is -2.23. The number of carbonyl (C=O) groups excluding carboxylic acids is 2. The zero-order chi connectivity index (χ0) is 27.2. The predicted octanol–water partition coefficient (Wildman–Crippen LogP) is 7.35. The van der Waals surface area contributed by atoms with Gasteiger partial charge in [-0.15, -0.1) is 0 Å². The smallest absolute Gasteiger partial charge is 0.315 e. The summed E-state index contributed by atoms with van der Waals surface area (Å²) in [5, 5.41) is 11.3. The molecule has 0 aliphatic rings. The largest absolute Gasteiger partial charge is 0.322 e. The fourth-order valence-corrected chi connectivity index (χ4v) is 4.57. The highest BCUT2D eigenvalue weighted by Gasteiger charge is 2.23. The molecule has 0 bridgehead atoms. The van der Waals surface area contributed by atoms with E-state index in [1.165, 1.54) is 4.90 Å². The van der Waals surface area contributed by atoms with Crippen molar-refractivity contribution in [3.8, 4) is 16.8 Å². The maximum Gasteiger partial charge on any atom is 0.322 e. The van der Waals surface area contributed by atoms with Crippen LogP contribution in [0.3, 0.4) is 0 Å². The first-order valence-corrected chi connectivity index (χ1v) is 13.0. The van der Waals surface area contributed by atoms with E-state index in [9.17, 15) is 9.59 Å². The van der Waals surface area contributed by atoms with Crippen LogP contribution in [0.4, 0.5) is 16.3 Å². The van der Waals surface area contributed by atoms with Crippen LogP contribution in [0.2, 0.25) is 10.0 Å². The molecular formula is C29H29Cl2N5O2. The summed E-state index contributed by atoms with van der Waals surface area (Å²) in [5.74, 6) is 0.196. The Hall–Kier alpha value is -3.81. The minimum Gasteiger partial charge on any atom is -0.315 e. The van der Waals surface area contributed by atoms with Gasteiger partial charge in [0.15, 0.2) is 0 Å². The summed E-state index contributed by atoms with van der Waals surface area (Å²) in [4.78, 5) is 27.9. The number of benzene rings is 3. The lowest BCUT2D eigenvalue weighted by atomic mass is 10.1. The van der Waals surface area contributed by atoms with Gasteiger partial charge in [0.1, 0.15) is 12.4 Å². The van der Waals surface area contributed by atoms with Gasteiger partial charge < -0.3 is 15.5 Å². The Kier molecular flexibility index (Phi) is 8.71. The summed E-state index contributed by atoms with van der Waals surface area (Å²) in [7, 11) is 0. The van der Waals surface area contributed by atoms with Crippen molar-refractivity contribution in [3.05, 3.63) is 94.1 Å². The van der Waals surface area contributed by atoms with Crippen LogP contribution in [-0.4, -0.2) is 39.7 Å². The van der Waals surface area contributed by atoms with Gasteiger partial charge >= 0.3 is 6.03 Å². The zero-order valence-corrected chi connectivity index (χ0v) is 23.0. The monoisotopic (exact) mass is 549 g/mol. The fraction of sp³-hybridized carbons (Fsp3) is 0.207. The van der Waals surface area contributed by atoms with Gasteiger partial charge in [0.05, 0.1) is 22.1 Å². The number of aromatic nitrogens is 2. The summed E-state index contributed by atoms with van der Waals surface area (Å²) < 4.78 is 1.73. The number of hydrogen-bond acceptors (Lipinski definition) is 3. The van der Waals surface area contributed by atoms with Gasteiger partial charge in [0, 0.05) is 17.1 Å². The standard InChI is InChI=1S/C29H29Cl2N5O2/c1-4-16-35(29(38)32-25-15-12-22(30)17-24(25)31)18-26(37)33-28-27(21-8-6-5-7-9-21)20(3)34-36(28)23-13-10-19(2)11-14-23/h5-15,17H,4,16,18H2,1-3H3,(H,32,38)(H,33,37). The molecule has 1 heterocycles. The molecule has 9 heteroatoms. The van der Waals surface area contributed by atoms with E-state index in [2.05, 4.69) is 10.6 Å². The molecule has 0 aliphatic carbocycles. The van der Waals surface area contributed by atoms with Gasteiger partial charge in [-0.1, -0.05) is 78.2 Å². The van der Waals surface area contributed by atoms with Gasteiger partial charge in [-0.2, -0.15) is 5.10 Å². The van der Waals surface area contributed by atoms with Gasteiger partial charge in [-0.25, -0.2) is 9.48 Å². The second-order valence-electron chi connectivity index (χ2n) is 8.95. The first-order chi connectivity index (χ1) is 18.3. The Morgan fingerprint density at radius 2 is 1.66 bits per heavy atom. The number of nitrogens with zero attached hydrogens (tertiary/aromatic N) is 3. The number of amides is 3. The van der Waals surface area contributed by atoms with E-state index in [0.29, 0.717) is 34.5 Å². The van der Waals surface area contributed by atoms with Crippen LogP contribution in [0.5, 0.6) is 0 Å². The average Bonchev–Trinajstić information content (AvgIpc) is 3.21.